The molecule has 4 heterocycles. The van der Waals surface area contributed by atoms with Gasteiger partial charge in [-0.25, -0.2) is 4.98 Å². The maximum atomic E-state index is 13.0. The lowest BCUT2D eigenvalue weighted by Gasteiger charge is -2.31. The second-order valence-electron chi connectivity index (χ2n) is 7.19. The third-order valence-corrected chi connectivity index (χ3v) is 5.38. The van der Waals surface area contributed by atoms with Gasteiger partial charge in [-0.1, -0.05) is 6.07 Å². The van der Waals surface area contributed by atoms with Gasteiger partial charge in [0, 0.05) is 45.5 Å². The summed E-state index contributed by atoms with van der Waals surface area (Å²) in [5.41, 5.74) is 1.10. The second-order valence-corrected chi connectivity index (χ2v) is 7.19. The van der Waals surface area contributed by atoms with Crippen molar-refractivity contribution in [2.24, 2.45) is 0 Å². The number of nitrogens with zero attached hydrogens (tertiary/aromatic N) is 5. The molecule has 0 bridgehead atoms. The summed E-state index contributed by atoms with van der Waals surface area (Å²) in [4.78, 5) is 36.4. The van der Waals surface area contributed by atoms with Gasteiger partial charge in [-0.3, -0.25) is 14.0 Å². The number of piperidine rings is 1. The van der Waals surface area contributed by atoms with E-state index in [2.05, 4.69) is 16.9 Å². The number of carbonyl (C=O) groups excluding carboxylic acids is 2. The predicted octanol–water partition coefficient (Wildman–Crippen LogP) is 1.35. The number of aromatic nitrogens is 2. The Morgan fingerprint density at radius 3 is 2.31 bits per heavy atom. The number of rotatable bonds is 2. The molecule has 2 aliphatic rings. The summed E-state index contributed by atoms with van der Waals surface area (Å²) in [6.07, 6.45) is 5.05. The summed E-state index contributed by atoms with van der Waals surface area (Å²) in [5, 5.41) is 0. The molecule has 0 saturated carbocycles. The lowest BCUT2D eigenvalue weighted by atomic mass is 10.1. The SMILES string of the molecule is CN1CCN(C(=O)c2nc(C(=O)N3CCCCC3)c3ccccn23)CC1. The molecular weight excluding hydrogens is 330 g/mol. The number of piperazine rings is 1. The van der Waals surface area contributed by atoms with Crippen molar-refractivity contribution in [1.82, 2.24) is 24.1 Å². The van der Waals surface area contributed by atoms with Crippen molar-refractivity contribution < 1.29 is 9.59 Å². The summed E-state index contributed by atoms with van der Waals surface area (Å²) in [5.74, 6) is 0.174. The normalized spacial score (nSPS) is 19.1. The summed E-state index contributed by atoms with van der Waals surface area (Å²) < 4.78 is 1.76. The van der Waals surface area contributed by atoms with Crippen molar-refractivity contribution in [2.75, 3.05) is 46.3 Å². The van der Waals surface area contributed by atoms with Gasteiger partial charge in [0.25, 0.3) is 11.8 Å². The maximum absolute atomic E-state index is 13.0. The van der Waals surface area contributed by atoms with Crippen LogP contribution < -0.4 is 0 Å². The molecule has 0 N–H and O–H groups in total. The Balaban J connectivity index is 1.67. The summed E-state index contributed by atoms with van der Waals surface area (Å²) in [7, 11) is 2.06. The van der Waals surface area contributed by atoms with Crippen molar-refractivity contribution in [3.05, 3.63) is 35.9 Å². The van der Waals surface area contributed by atoms with Crippen LogP contribution in [0, 0.1) is 0 Å². The molecule has 7 heteroatoms. The van der Waals surface area contributed by atoms with Crippen molar-refractivity contribution in [3.8, 4) is 0 Å². The zero-order valence-electron chi connectivity index (χ0n) is 15.2. The quantitative estimate of drug-likeness (QED) is 0.816. The number of hydrogen-bond acceptors (Lipinski definition) is 4. The number of fused-ring (bicyclic) bond motifs is 1. The second kappa shape index (κ2) is 7.07. The predicted molar refractivity (Wildman–Crippen MR) is 98.3 cm³/mol. The van der Waals surface area contributed by atoms with Gasteiger partial charge in [0.15, 0.2) is 5.69 Å². The van der Waals surface area contributed by atoms with Gasteiger partial charge in [-0.2, -0.15) is 0 Å². The van der Waals surface area contributed by atoms with E-state index in [1.165, 1.54) is 6.42 Å². The third-order valence-electron chi connectivity index (χ3n) is 5.38. The molecule has 138 valence electrons. The average Bonchev–Trinajstić information content (AvgIpc) is 3.08. The molecule has 0 unspecified atom stereocenters. The highest BCUT2D eigenvalue weighted by Crippen LogP contribution is 2.19. The Labute approximate surface area is 153 Å². The third kappa shape index (κ3) is 3.07. The largest absolute Gasteiger partial charge is 0.337 e. The Morgan fingerprint density at radius 1 is 0.885 bits per heavy atom. The molecule has 0 aromatic carbocycles. The van der Waals surface area contributed by atoms with Crippen LogP contribution in [-0.2, 0) is 0 Å². The molecule has 0 spiro atoms. The number of imidazole rings is 1. The first-order chi connectivity index (χ1) is 12.6. The van der Waals surface area contributed by atoms with E-state index >= 15 is 0 Å². The van der Waals surface area contributed by atoms with Crippen LogP contribution in [0.2, 0.25) is 0 Å². The molecule has 26 heavy (non-hydrogen) atoms. The van der Waals surface area contributed by atoms with Crippen LogP contribution in [0.15, 0.2) is 24.4 Å². The van der Waals surface area contributed by atoms with E-state index in [-0.39, 0.29) is 11.8 Å². The first-order valence-corrected chi connectivity index (χ1v) is 9.39. The van der Waals surface area contributed by atoms with Gasteiger partial charge in [-0.05, 0) is 38.4 Å². The molecule has 7 nitrogen and oxygen atoms in total. The summed E-state index contributed by atoms with van der Waals surface area (Å²) >= 11 is 0. The molecule has 2 fully saturated rings. The van der Waals surface area contributed by atoms with Crippen molar-refractivity contribution >= 4 is 17.3 Å². The molecule has 0 aliphatic carbocycles. The van der Waals surface area contributed by atoms with Gasteiger partial charge in [0.2, 0.25) is 5.82 Å². The van der Waals surface area contributed by atoms with E-state index in [1.54, 1.807) is 4.40 Å². The van der Waals surface area contributed by atoms with E-state index in [4.69, 9.17) is 0 Å². The number of likely N-dealkylation sites (tertiary alicyclic amines) is 1. The van der Waals surface area contributed by atoms with E-state index in [0.29, 0.717) is 30.1 Å². The first-order valence-electron chi connectivity index (χ1n) is 9.39. The molecule has 0 atom stereocenters. The van der Waals surface area contributed by atoms with Crippen LogP contribution in [0.25, 0.3) is 5.52 Å². The van der Waals surface area contributed by atoms with Gasteiger partial charge in [0.1, 0.15) is 0 Å². The van der Waals surface area contributed by atoms with Gasteiger partial charge in [0.05, 0.1) is 5.52 Å². The number of carbonyl (C=O) groups is 2. The Hall–Kier alpha value is -2.41. The molecule has 2 aromatic rings. The minimum Gasteiger partial charge on any atom is -0.337 e. The lowest BCUT2D eigenvalue weighted by molar-refractivity contribution is 0.0651. The topological polar surface area (TPSA) is 61.2 Å². The highest BCUT2D eigenvalue weighted by molar-refractivity contribution is 6.02. The highest BCUT2D eigenvalue weighted by Gasteiger charge is 2.29. The molecule has 2 saturated heterocycles. The smallest absolute Gasteiger partial charge is 0.290 e. The fraction of sp³-hybridized carbons (Fsp3) is 0.526. The minimum atomic E-state index is -0.100. The number of amides is 2. The van der Waals surface area contributed by atoms with Crippen LogP contribution in [0.4, 0.5) is 0 Å². The van der Waals surface area contributed by atoms with Crippen LogP contribution in [0.5, 0.6) is 0 Å². The van der Waals surface area contributed by atoms with Gasteiger partial charge < -0.3 is 14.7 Å². The van der Waals surface area contributed by atoms with E-state index in [1.807, 2.05) is 34.2 Å². The first kappa shape index (κ1) is 17.0. The monoisotopic (exact) mass is 355 g/mol. The molecule has 4 rings (SSSR count). The molecular formula is C19H25N5O2. The Morgan fingerprint density at radius 2 is 1.58 bits per heavy atom. The van der Waals surface area contributed by atoms with Crippen LogP contribution in [0.3, 0.4) is 0 Å². The van der Waals surface area contributed by atoms with E-state index in [0.717, 1.165) is 39.0 Å². The maximum Gasteiger partial charge on any atom is 0.290 e. The summed E-state index contributed by atoms with van der Waals surface area (Å²) in [6.45, 7) is 4.63. The van der Waals surface area contributed by atoms with Crippen molar-refractivity contribution in [3.63, 3.8) is 0 Å². The molecule has 2 aromatic heterocycles. The molecule has 2 amide bonds. The zero-order chi connectivity index (χ0) is 18.1. The number of pyridine rings is 1. The Kier molecular flexibility index (Phi) is 4.63. The van der Waals surface area contributed by atoms with Crippen LogP contribution in [-0.4, -0.2) is 82.2 Å². The lowest BCUT2D eigenvalue weighted by Crippen LogP contribution is -2.47. The zero-order valence-corrected chi connectivity index (χ0v) is 15.2. The Bertz CT molecular complexity index is 816. The summed E-state index contributed by atoms with van der Waals surface area (Å²) in [6, 6.07) is 5.61. The fourth-order valence-corrected chi connectivity index (χ4v) is 3.74. The van der Waals surface area contributed by atoms with Crippen molar-refractivity contribution in [2.45, 2.75) is 19.3 Å². The fourth-order valence-electron chi connectivity index (χ4n) is 3.74. The highest BCUT2D eigenvalue weighted by atomic mass is 16.2. The van der Waals surface area contributed by atoms with E-state index < -0.39 is 0 Å². The van der Waals surface area contributed by atoms with Crippen LogP contribution >= 0.6 is 0 Å². The standard InChI is InChI=1S/C19H25N5O2/c1-21-11-13-23(14-12-21)19(26)17-20-16(15-7-3-6-10-24(15)17)18(25)22-8-4-2-5-9-22/h3,6-7,10H,2,4-5,8-9,11-14H2,1H3. The molecule has 2 aliphatic heterocycles. The number of likely N-dealkylation sites (N-methyl/N-ethyl adjacent to an activating group) is 1. The van der Waals surface area contributed by atoms with Crippen molar-refractivity contribution in [1.29, 1.82) is 0 Å². The van der Waals surface area contributed by atoms with Gasteiger partial charge >= 0.3 is 0 Å². The van der Waals surface area contributed by atoms with E-state index in [9.17, 15) is 9.59 Å². The minimum absolute atomic E-state index is 0.0640. The van der Waals surface area contributed by atoms with Gasteiger partial charge in [-0.15, -0.1) is 0 Å². The average molecular weight is 355 g/mol. The molecule has 0 radical (unpaired) electrons. The number of hydrogen-bond donors (Lipinski definition) is 0. The van der Waals surface area contributed by atoms with Crippen LogP contribution in [0.1, 0.15) is 40.4 Å².